The van der Waals surface area contributed by atoms with Crippen LogP contribution in [0.1, 0.15) is 11.1 Å². The number of hydrogen-bond donors (Lipinski definition) is 3. The Balaban J connectivity index is 1.47. The van der Waals surface area contributed by atoms with E-state index in [9.17, 15) is 19.5 Å². The normalized spacial score (nSPS) is 19.2. The van der Waals surface area contributed by atoms with Crippen LogP contribution in [0.5, 0.6) is 0 Å². The molecule has 2 aromatic heterocycles. The van der Waals surface area contributed by atoms with Gasteiger partial charge < -0.3 is 15.0 Å². The van der Waals surface area contributed by atoms with E-state index in [-0.39, 0.29) is 30.4 Å². The molecule has 144 valence electrons. The molecule has 0 bridgehead atoms. The molecule has 2 atom stereocenters. The van der Waals surface area contributed by atoms with Gasteiger partial charge in [-0.15, -0.1) is 0 Å². The molecule has 1 amide bonds. The SMILES string of the molecule is O=C(Cc1c[nH]c(=O)[nH]c1=O)N1C[C@@H](Cc2ccnc3ccccc23)[C@H](O)C1. The molecule has 4 rings (SSSR count). The average Bonchev–Trinajstić information content (AvgIpc) is 3.05. The van der Waals surface area contributed by atoms with Gasteiger partial charge in [-0.2, -0.15) is 0 Å². The zero-order chi connectivity index (χ0) is 19.7. The van der Waals surface area contributed by atoms with Gasteiger partial charge in [-0.05, 0) is 24.1 Å². The number of carbonyl (C=O) groups is 1. The average molecular weight is 380 g/mol. The van der Waals surface area contributed by atoms with Crippen molar-refractivity contribution in [3.8, 4) is 0 Å². The number of aromatic amines is 2. The van der Waals surface area contributed by atoms with Crippen LogP contribution in [0.15, 0.2) is 52.3 Å². The van der Waals surface area contributed by atoms with Crippen molar-refractivity contribution in [2.75, 3.05) is 13.1 Å². The van der Waals surface area contributed by atoms with Crippen LogP contribution in [-0.4, -0.2) is 50.1 Å². The molecule has 28 heavy (non-hydrogen) atoms. The summed E-state index contributed by atoms with van der Waals surface area (Å²) in [5.74, 6) is -0.345. The predicted octanol–water partition coefficient (Wildman–Crippen LogP) is 0.216. The van der Waals surface area contributed by atoms with Crippen LogP contribution >= 0.6 is 0 Å². The van der Waals surface area contributed by atoms with Crippen LogP contribution in [0, 0.1) is 5.92 Å². The maximum atomic E-state index is 12.6. The van der Waals surface area contributed by atoms with E-state index in [1.54, 1.807) is 11.1 Å². The lowest BCUT2D eigenvalue weighted by molar-refractivity contribution is -0.129. The van der Waals surface area contributed by atoms with Crippen molar-refractivity contribution < 1.29 is 9.90 Å². The highest BCUT2D eigenvalue weighted by molar-refractivity contribution is 5.82. The number of amides is 1. The van der Waals surface area contributed by atoms with Gasteiger partial charge in [0.05, 0.1) is 18.0 Å². The third-order valence-corrected chi connectivity index (χ3v) is 5.22. The molecule has 3 aromatic rings. The van der Waals surface area contributed by atoms with E-state index in [0.717, 1.165) is 16.5 Å². The zero-order valence-electron chi connectivity index (χ0n) is 15.1. The highest BCUT2D eigenvalue weighted by atomic mass is 16.3. The molecule has 1 saturated heterocycles. The topological polar surface area (TPSA) is 119 Å². The van der Waals surface area contributed by atoms with E-state index < -0.39 is 17.4 Å². The van der Waals surface area contributed by atoms with E-state index in [4.69, 9.17) is 0 Å². The smallest absolute Gasteiger partial charge is 0.325 e. The summed E-state index contributed by atoms with van der Waals surface area (Å²) in [6.45, 7) is 0.645. The number of carbonyl (C=O) groups excluding carboxylic acids is 1. The van der Waals surface area contributed by atoms with Crippen molar-refractivity contribution in [1.82, 2.24) is 19.9 Å². The van der Waals surface area contributed by atoms with Gasteiger partial charge in [0.2, 0.25) is 5.91 Å². The van der Waals surface area contributed by atoms with E-state index in [1.165, 1.54) is 6.20 Å². The first kappa shape index (κ1) is 18.1. The number of hydrogen-bond acceptors (Lipinski definition) is 5. The first-order valence-electron chi connectivity index (χ1n) is 9.10. The largest absolute Gasteiger partial charge is 0.391 e. The Morgan fingerprint density at radius 1 is 1.18 bits per heavy atom. The fraction of sp³-hybridized carbons (Fsp3) is 0.300. The molecule has 3 N–H and O–H groups in total. The van der Waals surface area contributed by atoms with Gasteiger partial charge in [-0.3, -0.25) is 19.6 Å². The molecule has 0 aliphatic carbocycles. The lowest BCUT2D eigenvalue weighted by atomic mass is 9.94. The molecule has 1 fully saturated rings. The Morgan fingerprint density at radius 3 is 2.82 bits per heavy atom. The molecule has 3 heterocycles. The van der Waals surface area contributed by atoms with Gasteiger partial charge in [0.25, 0.3) is 5.56 Å². The monoisotopic (exact) mass is 380 g/mol. The van der Waals surface area contributed by atoms with E-state index in [1.807, 2.05) is 30.3 Å². The summed E-state index contributed by atoms with van der Waals surface area (Å²) in [4.78, 5) is 45.8. The highest BCUT2D eigenvalue weighted by Crippen LogP contribution is 2.25. The standard InChI is InChI=1S/C20H20N4O4/c25-17-11-24(18(26)8-13-9-22-20(28)23-19(13)27)10-14(17)7-12-5-6-21-16-4-2-1-3-15(12)16/h1-6,9,14,17,25H,7-8,10-11H2,(H2,22,23,27,28)/t14-,17-/m1/s1. The van der Waals surface area contributed by atoms with Crippen molar-refractivity contribution >= 4 is 16.8 Å². The van der Waals surface area contributed by atoms with Crippen LogP contribution in [-0.2, 0) is 17.6 Å². The number of nitrogens with zero attached hydrogens (tertiary/aromatic N) is 2. The van der Waals surface area contributed by atoms with E-state index in [2.05, 4.69) is 15.0 Å². The van der Waals surface area contributed by atoms with Gasteiger partial charge in [0.1, 0.15) is 0 Å². The summed E-state index contributed by atoms with van der Waals surface area (Å²) >= 11 is 0. The number of aliphatic hydroxyl groups excluding tert-OH is 1. The Bertz CT molecular complexity index is 1130. The number of aliphatic hydroxyl groups is 1. The van der Waals surface area contributed by atoms with Crippen LogP contribution < -0.4 is 11.2 Å². The minimum Gasteiger partial charge on any atom is -0.391 e. The van der Waals surface area contributed by atoms with E-state index >= 15 is 0 Å². The predicted molar refractivity (Wildman–Crippen MR) is 103 cm³/mol. The van der Waals surface area contributed by atoms with E-state index in [0.29, 0.717) is 13.0 Å². The minimum atomic E-state index is -0.634. The first-order chi connectivity index (χ1) is 13.5. The number of nitrogens with one attached hydrogen (secondary N) is 2. The number of pyridine rings is 1. The second kappa shape index (κ2) is 7.40. The minimum absolute atomic E-state index is 0.0939. The number of benzene rings is 1. The summed E-state index contributed by atoms with van der Waals surface area (Å²) in [7, 11) is 0. The second-order valence-corrected chi connectivity index (χ2v) is 7.09. The number of aromatic nitrogens is 3. The molecular weight excluding hydrogens is 360 g/mol. The molecule has 0 saturated carbocycles. The van der Waals surface area contributed by atoms with Crippen molar-refractivity contribution in [3.63, 3.8) is 0 Å². The Labute approximate surface area is 159 Å². The quantitative estimate of drug-likeness (QED) is 0.598. The third-order valence-electron chi connectivity index (χ3n) is 5.22. The fourth-order valence-corrected chi connectivity index (χ4v) is 3.72. The molecule has 0 radical (unpaired) electrons. The summed E-state index contributed by atoms with van der Waals surface area (Å²) < 4.78 is 0. The van der Waals surface area contributed by atoms with Crippen molar-refractivity contribution in [3.05, 3.63) is 74.7 Å². The molecule has 1 aromatic carbocycles. The molecule has 8 heteroatoms. The molecule has 1 aliphatic heterocycles. The number of H-pyrrole nitrogens is 2. The molecule has 8 nitrogen and oxygen atoms in total. The summed E-state index contributed by atoms with van der Waals surface area (Å²) in [5.41, 5.74) is 1.00. The molecular formula is C20H20N4O4. The van der Waals surface area contributed by atoms with Crippen LogP contribution in [0.4, 0.5) is 0 Å². The molecule has 0 spiro atoms. The van der Waals surface area contributed by atoms with Crippen LogP contribution in [0.2, 0.25) is 0 Å². The second-order valence-electron chi connectivity index (χ2n) is 7.09. The van der Waals surface area contributed by atoms with Gasteiger partial charge in [0, 0.05) is 42.4 Å². The van der Waals surface area contributed by atoms with Crippen LogP contribution in [0.25, 0.3) is 10.9 Å². The van der Waals surface area contributed by atoms with Crippen molar-refractivity contribution in [2.45, 2.75) is 18.9 Å². The Kier molecular flexibility index (Phi) is 4.79. The number of rotatable bonds is 4. The number of likely N-dealkylation sites (tertiary alicyclic amines) is 1. The fourth-order valence-electron chi connectivity index (χ4n) is 3.72. The zero-order valence-corrected chi connectivity index (χ0v) is 15.1. The summed E-state index contributed by atoms with van der Waals surface area (Å²) in [5, 5.41) is 11.5. The third kappa shape index (κ3) is 3.59. The number of para-hydroxylation sites is 1. The highest BCUT2D eigenvalue weighted by Gasteiger charge is 2.34. The Hall–Kier alpha value is -3.26. The van der Waals surface area contributed by atoms with Gasteiger partial charge >= 0.3 is 5.69 Å². The van der Waals surface area contributed by atoms with Crippen LogP contribution in [0.3, 0.4) is 0 Å². The van der Waals surface area contributed by atoms with Gasteiger partial charge in [0.15, 0.2) is 0 Å². The Morgan fingerprint density at radius 2 is 2.00 bits per heavy atom. The maximum absolute atomic E-state index is 12.6. The van der Waals surface area contributed by atoms with Crippen molar-refractivity contribution in [2.24, 2.45) is 5.92 Å². The number of fused-ring (bicyclic) bond motifs is 1. The van der Waals surface area contributed by atoms with Gasteiger partial charge in [-0.1, -0.05) is 18.2 Å². The molecule has 1 aliphatic rings. The van der Waals surface area contributed by atoms with Gasteiger partial charge in [-0.25, -0.2) is 4.79 Å². The van der Waals surface area contributed by atoms with Crippen molar-refractivity contribution in [1.29, 1.82) is 0 Å². The molecule has 0 unspecified atom stereocenters. The summed E-state index contributed by atoms with van der Waals surface area (Å²) in [6.07, 6.45) is 2.89. The lowest BCUT2D eigenvalue weighted by Gasteiger charge is -2.16. The lowest BCUT2D eigenvalue weighted by Crippen LogP contribution is -2.34. The first-order valence-corrected chi connectivity index (χ1v) is 9.10. The maximum Gasteiger partial charge on any atom is 0.325 e. The summed E-state index contributed by atoms with van der Waals surface area (Å²) in [6, 6.07) is 9.78. The number of β-amino-alcohol motifs (C(OH)–C–C–N with tert-alkyl or cyclic N) is 1.